The highest BCUT2D eigenvalue weighted by molar-refractivity contribution is 5.61. The Balaban J connectivity index is 2.12. The molecule has 3 rings (SSSR count). The van der Waals surface area contributed by atoms with Gasteiger partial charge in [0.2, 0.25) is 5.95 Å². The van der Waals surface area contributed by atoms with Gasteiger partial charge < -0.3 is 5.73 Å². The summed E-state index contributed by atoms with van der Waals surface area (Å²) in [6.45, 7) is 0. The molecule has 0 amide bonds. The zero-order valence-corrected chi connectivity index (χ0v) is 10.4. The van der Waals surface area contributed by atoms with Crippen LogP contribution in [0.15, 0.2) is 48.8 Å². The molecule has 5 nitrogen and oxygen atoms in total. The second kappa shape index (κ2) is 5.00. The third-order valence-electron chi connectivity index (χ3n) is 2.66. The molecule has 1 aromatic carbocycles. The smallest absolute Gasteiger partial charge is 0.224 e. The van der Waals surface area contributed by atoms with Crippen molar-refractivity contribution >= 4 is 5.95 Å². The van der Waals surface area contributed by atoms with Gasteiger partial charge >= 0.3 is 0 Å². The first-order valence-electron chi connectivity index (χ1n) is 5.90. The number of nitrogens with two attached hydrogens (primary N) is 1. The number of nitrogen functional groups attached to an aromatic ring is 1. The molecule has 0 saturated carbocycles. The average molecular weight is 267 g/mol. The predicted octanol–water partition coefficient (Wildman–Crippen LogP) is 2.32. The maximum absolute atomic E-state index is 13.3. The Labute approximate surface area is 114 Å². The van der Waals surface area contributed by atoms with Crippen LogP contribution in [0.3, 0.4) is 0 Å². The standard InChI is InChI=1S/C14H10FN5/c15-11-5-1-3-9(7-11)12-18-13(20-14(16)19-12)10-4-2-6-17-8-10/h1-8H,(H2,16,18,19,20). The van der Waals surface area contributed by atoms with Crippen LogP contribution in [0.25, 0.3) is 22.8 Å². The molecule has 0 saturated heterocycles. The molecule has 0 fully saturated rings. The Kier molecular flexibility index (Phi) is 3.04. The summed E-state index contributed by atoms with van der Waals surface area (Å²) in [7, 11) is 0. The van der Waals surface area contributed by atoms with E-state index in [1.165, 1.54) is 12.1 Å². The van der Waals surface area contributed by atoms with Crippen molar-refractivity contribution in [3.05, 3.63) is 54.6 Å². The first-order valence-corrected chi connectivity index (χ1v) is 5.90. The Morgan fingerprint density at radius 3 is 2.35 bits per heavy atom. The normalized spacial score (nSPS) is 10.4. The van der Waals surface area contributed by atoms with E-state index in [0.29, 0.717) is 17.2 Å². The number of hydrogen-bond donors (Lipinski definition) is 1. The molecule has 0 radical (unpaired) electrons. The van der Waals surface area contributed by atoms with Gasteiger partial charge in [-0.25, -0.2) is 9.37 Å². The van der Waals surface area contributed by atoms with Gasteiger partial charge in [-0.05, 0) is 24.3 Å². The van der Waals surface area contributed by atoms with E-state index < -0.39 is 0 Å². The largest absolute Gasteiger partial charge is 0.368 e. The van der Waals surface area contributed by atoms with Gasteiger partial charge in [-0.1, -0.05) is 12.1 Å². The Hall–Kier alpha value is -2.89. The molecule has 3 aromatic rings. The van der Waals surface area contributed by atoms with Crippen molar-refractivity contribution in [3.8, 4) is 22.8 Å². The summed E-state index contributed by atoms with van der Waals surface area (Å²) in [5, 5.41) is 0. The summed E-state index contributed by atoms with van der Waals surface area (Å²) >= 11 is 0. The number of hydrogen-bond acceptors (Lipinski definition) is 5. The van der Waals surface area contributed by atoms with Crippen molar-refractivity contribution in [2.75, 3.05) is 5.73 Å². The van der Waals surface area contributed by atoms with Crippen LogP contribution in [0, 0.1) is 5.82 Å². The fraction of sp³-hybridized carbons (Fsp3) is 0. The predicted molar refractivity (Wildman–Crippen MR) is 72.9 cm³/mol. The average Bonchev–Trinajstić information content (AvgIpc) is 2.47. The molecule has 0 aliphatic rings. The number of benzene rings is 1. The van der Waals surface area contributed by atoms with E-state index in [2.05, 4.69) is 19.9 Å². The van der Waals surface area contributed by atoms with E-state index in [9.17, 15) is 4.39 Å². The fourth-order valence-electron chi connectivity index (χ4n) is 1.77. The third kappa shape index (κ3) is 2.44. The van der Waals surface area contributed by atoms with E-state index in [-0.39, 0.29) is 11.8 Å². The van der Waals surface area contributed by atoms with E-state index in [1.54, 1.807) is 30.6 Å². The molecule has 0 aliphatic heterocycles. The molecule has 98 valence electrons. The molecule has 0 atom stereocenters. The minimum Gasteiger partial charge on any atom is -0.368 e. The van der Waals surface area contributed by atoms with Crippen LogP contribution in [0.1, 0.15) is 0 Å². The number of anilines is 1. The van der Waals surface area contributed by atoms with E-state index in [1.807, 2.05) is 6.07 Å². The van der Waals surface area contributed by atoms with Crippen LogP contribution in [0.4, 0.5) is 10.3 Å². The second-order valence-electron chi connectivity index (χ2n) is 4.09. The maximum Gasteiger partial charge on any atom is 0.224 e. The molecule has 6 heteroatoms. The monoisotopic (exact) mass is 267 g/mol. The summed E-state index contributed by atoms with van der Waals surface area (Å²) in [6.07, 6.45) is 3.28. The molecule has 2 N–H and O–H groups in total. The van der Waals surface area contributed by atoms with Crippen LogP contribution >= 0.6 is 0 Å². The van der Waals surface area contributed by atoms with Crippen LogP contribution in [-0.2, 0) is 0 Å². The molecule has 0 bridgehead atoms. The number of aromatic nitrogens is 4. The maximum atomic E-state index is 13.3. The highest BCUT2D eigenvalue weighted by Crippen LogP contribution is 2.20. The lowest BCUT2D eigenvalue weighted by Gasteiger charge is -2.05. The van der Waals surface area contributed by atoms with E-state index in [0.717, 1.165) is 5.56 Å². The quantitative estimate of drug-likeness (QED) is 0.771. The van der Waals surface area contributed by atoms with Gasteiger partial charge in [-0.3, -0.25) is 4.98 Å². The summed E-state index contributed by atoms with van der Waals surface area (Å²) in [4.78, 5) is 16.4. The highest BCUT2D eigenvalue weighted by atomic mass is 19.1. The summed E-state index contributed by atoms with van der Waals surface area (Å²) in [5.74, 6) is 0.461. The SMILES string of the molecule is Nc1nc(-c2cccnc2)nc(-c2cccc(F)c2)n1. The van der Waals surface area contributed by atoms with Crippen molar-refractivity contribution in [1.82, 2.24) is 19.9 Å². The molecule has 20 heavy (non-hydrogen) atoms. The lowest BCUT2D eigenvalue weighted by Crippen LogP contribution is -2.02. The van der Waals surface area contributed by atoms with Crippen molar-refractivity contribution in [2.24, 2.45) is 0 Å². The fourth-order valence-corrected chi connectivity index (χ4v) is 1.77. The van der Waals surface area contributed by atoms with Crippen molar-refractivity contribution < 1.29 is 4.39 Å². The Bertz CT molecular complexity index is 746. The number of nitrogens with zero attached hydrogens (tertiary/aromatic N) is 4. The van der Waals surface area contributed by atoms with Crippen LogP contribution in [-0.4, -0.2) is 19.9 Å². The second-order valence-corrected chi connectivity index (χ2v) is 4.09. The zero-order chi connectivity index (χ0) is 13.9. The first kappa shape index (κ1) is 12.2. The van der Waals surface area contributed by atoms with Gasteiger partial charge in [0.1, 0.15) is 5.82 Å². The van der Waals surface area contributed by atoms with Crippen molar-refractivity contribution in [2.45, 2.75) is 0 Å². The lowest BCUT2D eigenvalue weighted by atomic mass is 10.2. The number of rotatable bonds is 2. The molecule has 2 heterocycles. The lowest BCUT2D eigenvalue weighted by molar-refractivity contribution is 0.628. The van der Waals surface area contributed by atoms with Crippen LogP contribution < -0.4 is 5.73 Å². The van der Waals surface area contributed by atoms with Gasteiger partial charge in [0.05, 0.1) is 0 Å². The molecular weight excluding hydrogens is 257 g/mol. The molecule has 0 unspecified atom stereocenters. The van der Waals surface area contributed by atoms with Crippen molar-refractivity contribution in [3.63, 3.8) is 0 Å². The minimum absolute atomic E-state index is 0.0816. The van der Waals surface area contributed by atoms with Gasteiger partial charge in [0, 0.05) is 23.5 Å². The Morgan fingerprint density at radius 1 is 0.900 bits per heavy atom. The van der Waals surface area contributed by atoms with Gasteiger partial charge in [0.25, 0.3) is 0 Å². The molecule has 0 spiro atoms. The number of pyridine rings is 1. The van der Waals surface area contributed by atoms with Gasteiger partial charge in [-0.2, -0.15) is 9.97 Å². The van der Waals surface area contributed by atoms with E-state index in [4.69, 9.17) is 5.73 Å². The summed E-state index contributed by atoms with van der Waals surface area (Å²) in [5.41, 5.74) is 6.96. The topological polar surface area (TPSA) is 77.6 Å². The van der Waals surface area contributed by atoms with Gasteiger partial charge in [0.15, 0.2) is 11.6 Å². The number of halogens is 1. The van der Waals surface area contributed by atoms with Gasteiger partial charge in [-0.15, -0.1) is 0 Å². The molecule has 2 aromatic heterocycles. The van der Waals surface area contributed by atoms with Crippen LogP contribution in [0.2, 0.25) is 0 Å². The summed E-state index contributed by atoms with van der Waals surface area (Å²) < 4.78 is 13.3. The molecular formula is C14H10FN5. The zero-order valence-electron chi connectivity index (χ0n) is 10.4. The minimum atomic E-state index is -0.357. The highest BCUT2D eigenvalue weighted by Gasteiger charge is 2.09. The summed E-state index contributed by atoms with van der Waals surface area (Å²) in [6, 6.07) is 9.60. The third-order valence-corrected chi connectivity index (χ3v) is 2.66. The Morgan fingerprint density at radius 2 is 1.65 bits per heavy atom. The first-order chi connectivity index (χ1) is 9.72. The van der Waals surface area contributed by atoms with Crippen LogP contribution in [0.5, 0.6) is 0 Å². The van der Waals surface area contributed by atoms with E-state index >= 15 is 0 Å². The van der Waals surface area contributed by atoms with Crippen molar-refractivity contribution in [1.29, 1.82) is 0 Å². The molecule has 0 aliphatic carbocycles.